The van der Waals surface area contributed by atoms with Crippen molar-refractivity contribution >= 4 is 92.1 Å². The largest absolute Gasteiger partial charge is 0.372 e. The lowest BCUT2D eigenvalue weighted by Gasteiger charge is -2.15. The molecular weight excluding hydrogens is 833 g/mol. The molecule has 0 saturated heterocycles. The standard InChI is InChI=1S/C13H14N6O3.C13H14N6O2.C13H16N4O3.CH4/c1-5-6(12(22)19(4)11(5)21)8-15-7-9(18(8)3)16-13(14-2)17-10(7)20;1-6-7(13(21)19(4)12(6)20)10-17-8-9(14-2)15-5-16-11(8)18(10)3;1-6-8(12(19)17(5)11(6)18)9-7(2)16(4)13(20)15-10(9)14-3;/h1-4H3,(H2,14,16,17,20);5H,1-4H3,(H,14,15,16);1-5H3,(H,14,15,20);1H4. The lowest BCUT2D eigenvalue weighted by atomic mass is 10.0. The van der Waals surface area contributed by atoms with Gasteiger partial charge in [0.05, 0.1) is 16.7 Å². The van der Waals surface area contributed by atoms with Crippen molar-refractivity contribution in [2.45, 2.75) is 35.1 Å². The third-order valence-corrected chi connectivity index (χ3v) is 10.9. The number of hydrogen-bond acceptors (Lipinski definition) is 17. The molecule has 4 N–H and O–H groups in total. The average molecular weight is 881 g/mol. The summed E-state index contributed by atoms with van der Waals surface area (Å²) in [7, 11) is 14.3. The molecular formula is C40H48N16O8. The zero-order valence-corrected chi connectivity index (χ0v) is 36.7. The summed E-state index contributed by atoms with van der Waals surface area (Å²) in [6, 6.07) is 0. The van der Waals surface area contributed by atoms with Crippen LogP contribution in [0.25, 0.3) is 39.0 Å². The minimum atomic E-state index is -0.439. The van der Waals surface area contributed by atoms with Crippen LogP contribution in [0.3, 0.4) is 0 Å². The number of carbonyl (C=O) groups is 6. The number of aromatic nitrogens is 10. The maximum atomic E-state index is 12.3. The highest BCUT2D eigenvalue weighted by Gasteiger charge is 2.39. The average Bonchev–Trinajstić information content (AvgIpc) is 3.95. The number of imide groups is 3. The summed E-state index contributed by atoms with van der Waals surface area (Å²) in [6.45, 7) is 6.51. The van der Waals surface area contributed by atoms with Crippen LogP contribution in [0.5, 0.6) is 0 Å². The zero-order chi connectivity index (χ0) is 46.7. The summed E-state index contributed by atoms with van der Waals surface area (Å²) in [5.74, 6) is -0.338. The number of rotatable bonds is 6. The minimum absolute atomic E-state index is 0. The van der Waals surface area contributed by atoms with E-state index in [2.05, 4.69) is 50.8 Å². The number of anilines is 3. The highest BCUT2D eigenvalue weighted by atomic mass is 16.2. The Morgan fingerprint density at radius 2 is 0.953 bits per heavy atom. The third-order valence-electron chi connectivity index (χ3n) is 10.9. The monoisotopic (exact) mass is 880 g/mol. The second-order valence-corrected chi connectivity index (χ2v) is 14.5. The van der Waals surface area contributed by atoms with Crippen molar-refractivity contribution < 1.29 is 28.8 Å². The van der Waals surface area contributed by atoms with Gasteiger partial charge in [0.15, 0.2) is 28.1 Å². The molecule has 0 saturated carbocycles. The normalized spacial score (nSPS) is 15.2. The summed E-state index contributed by atoms with van der Waals surface area (Å²) < 4.78 is 4.59. The fraction of sp³-hybridized carbons (Fsp3) is 0.350. The fourth-order valence-electron chi connectivity index (χ4n) is 7.17. The summed E-state index contributed by atoms with van der Waals surface area (Å²) in [5.41, 5.74) is 3.70. The van der Waals surface area contributed by atoms with Gasteiger partial charge >= 0.3 is 5.69 Å². The third kappa shape index (κ3) is 7.26. The van der Waals surface area contributed by atoms with Gasteiger partial charge in [-0.25, -0.2) is 24.7 Å². The number of hydrogen-bond donors (Lipinski definition) is 4. The van der Waals surface area contributed by atoms with Gasteiger partial charge in [-0.15, -0.1) is 0 Å². The first kappa shape index (κ1) is 46.9. The molecule has 0 fully saturated rings. The lowest BCUT2D eigenvalue weighted by molar-refractivity contribution is -0.136. The minimum Gasteiger partial charge on any atom is -0.372 e. The van der Waals surface area contributed by atoms with Crippen molar-refractivity contribution in [2.24, 2.45) is 21.1 Å². The van der Waals surface area contributed by atoms with E-state index >= 15 is 0 Å². The van der Waals surface area contributed by atoms with Crippen molar-refractivity contribution in [1.29, 1.82) is 0 Å². The molecule has 5 aromatic heterocycles. The van der Waals surface area contributed by atoms with Crippen LogP contribution in [0.15, 0.2) is 32.6 Å². The predicted molar refractivity (Wildman–Crippen MR) is 236 cm³/mol. The van der Waals surface area contributed by atoms with E-state index in [0.29, 0.717) is 79.3 Å². The number of fused-ring (bicyclic) bond motifs is 2. The van der Waals surface area contributed by atoms with E-state index in [1.54, 1.807) is 74.5 Å². The highest BCUT2D eigenvalue weighted by molar-refractivity contribution is 6.37. The van der Waals surface area contributed by atoms with Gasteiger partial charge in [0.1, 0.15) is 23.8 Å². The van der Waals surface area contributed by atoms with Gasteiger partial charge in [0.25, 0.3) is 41.0 Å². The van der Waals surface area contributed by atoms with E-state index < -0.39 is 17.2 Å². The van der Waals surface area contributed by atoms with Crippen molar-refractivity contribution in [3.8, 4) is 0 Å². The molecule has 0 spiro atoms. The van der Waals surface area contributed by atoms with Gasteiger partial charge in [-0.3, -0.25) is 57.8 Å². The number of imidazole rings is 2. The van der Waals surface area contributed by atoms with Crippen molar-refractivity contribution in [3.63, 3.8) is 0 Å². The quantitative estimate of drug-likeness (QED) is 0.166. The Kier molecular flexibility index (Phi) is 12.7. The Balaban J connectivity index is 0.000000179. The maximum absolute atomic E-state index is 12.3. The number of amides is 6. The van der Waals surface area contributed by atoms with E-state index in [-0.39, 0.29) is 53.9 Å². The van der Waals surface area contributed by atoms with Crippen LogP contribution in [0.1, 0.15) is 51.1 Å². The van der Waals surface area contributed by atoms with Crippen molar-refractivity contribution in [3.05, 3.63) is 66.8 Å². The number of carbonyl (C=O) groups excluding carboxylic acids is 6. The Bertz CT molecular complexity index is 3110. The Labute approximate surface area is 364 Å². The predicted octanol–water partition coefficient (Wildman–Crippen LogP) is 0.186. The summed E-state index contributed by atoms with van der Waals surface area (Å²) >= 11 is 0. The molecule has 8 heterocycles. The first-order valence-corrected chi connectivity index (χ1v) is 19.0. The second kappa shape index (κ2) is 17.3. The Hall–Kier alpha value is -8.18. The van der Waals surface area contributed by atoms with Crippen molar-refractivity contribution in [1.82, 2.24) is 63.3 Å². The fourth-order valence-corrected chi connectivity index (χ4v) is 7.17. The molecule has 8 rings (SSSR count). The molecule has 0 unspecified atom stereocenters. The molecule has 24 nitrogen and oxygen atoms in total. The van der Waals surface area contributed by atoms with Gasteiger partial charge in [-0.05, 0) is 27.7 Å². The Morgan fingerprint density at radius 1 is 0.500 bits per heavy atom. The molecule has 24 heteroatoms. The van der Waals surface area contributed by atoms with Crippen LogP contribution in [-0.2, 0) is 49.9 Å². The molecule has 5 aromatic rings. The molecule has 3 aliphatic heterocycles. The lowest BCUT2D eigenvalue weighted by Crippen LogP contribution is -2.28. The van der Waals surface area contributed by atoms with Gasteiger partial charge in [0, 0.05) is 91.4 Å². The van der Waals surface area contributed by atoms with Gasteiger partial charge in [-0.1, -0.05) is 7.43 Å². The van der Waals surface area contributed by atoms with Crippen LogP contribution in [-0.4, -0.2) is 141 Å². The first-order valence-electron chi connectivity index (χ1n) is 19.0. The molecule has 0 bridgehead atoms. The smallest absolute Gasteiger partial charge is 0.349 e. The Morgan fingerprint density at radius 3 is 1.39 bits per heavy atom. The van der Waals surface area contributed by atoms with Gasteiger partial charge in [-0.2, -0.15) is 9.97 Å². The number of aryl methyl sites for hydroxylation is 2. The summed E-state index contributed by atoms with van der Waals surface area (Å²) in [6.07, 6.45) is 1.43. The number of nitrogens with zero attached hydrogens (tertiary/aromatic N) is 12. The second-order valence-electron chi connectivity index (χ2n) is 14.5. The zero-order valence-electron chi connectivity index (χ0n) is 36.7. The van der Waals surface area contributed by atoms with E-state index in [9.17, 15) is 38.4 Å². The first-order chi connectivity index (χ1) is 29.6. The van der Waals surface area contributed by atoms with Gasteiger partial charge in [0.2, 0.25) is 5.95 Å². The van der Waals surface area contributed by atoms with Crippen LogP contribution in [0.4, 0.5) is 17.6 Å². The topological polar surface area (TPSA) is 290 Å². The number of H-pyrrole nitrogens is 1. The molecule has 3 aliphatic rings. The molecule has 336 valence electrons. The number of nitrogens with one attached hydrogen (secondary N) is 4. The maximum Gasteiger partial charge on any atom is 0.349 e. The molecule has 0 atom stereocenters. The van der Waals surface area contributed by atoms with E-state index in [0.717, 1.165) is 14.7 Å². The van der Waals surface area contributed by atoms with Gasteiger partial charge < -0.3 is 25.1 Å². The van der Waals surface area contributed by atoms with E-state index in [1.807, 2.05) is 0 Å². The molecule has 0 aliphatic carbocycles. The SMILES string of the molecule is C.CNc1nc(=O)n(C)c(C)c1C1=C(C)C(=O)N(C)C1=O.CNc1nc2c(nc(C3=C(C)C(=O)N(C)C3=O)n2C)c(=O)[nH]1.CNc1ncnc2c1nc(C1=C(C)C(=O)N(C)C1=O)n2C. The number of likely N-dealkylation sites (N-methyl/N-ethyl adjacent to an activating group) is 3. The molecule has 6 amide bonds. The van der Waals surface area contributed by atoms with Crippen LogP contribution >= 0.6 is 0 Å². The highest BCUT2D eigenvalue weighted by Crippen LogP contribution is 2.34. The van der Waals surface area contributed by atoms with Crippen LogP contribution in [0, 0.1) is 6.92 Å². The van der Waals surface area contributed by atoms with Crippen molar-refractivity contribution in [2.75, 3.05) is 58.2 Å². The summed E-state index contributed by atoms with van der Waals surface area (Å²) in [4.78, 5) is 127. The molecule has 0 aromatic carbocycles. The number of aromatic amines is 1. The summed E-state index contributed by atoms with van der Waals surface area (Å²) in [5, 5.41) is 8.50. The van der Waals surface area contributed by atoms with E-state index in [4.69, 9.17) is 0 Å². The molecule has 64 heavy (non-hydrogen) atoms. The van der Waals surface area contributed by atoms with Crippen LogP contribution in [0.2, 0.25) is 0 Å². The van der Waals surface area contributed by atoms with Crippen LogP contribution < -0.4 is 27.2 Å². The molecule has 0 radical (unpaired) electrons. The van der Waals surface area contributed by atoms with E-state index in [1.165, 1.54) is 36.6 Å².